The average Bonchev–Trinajstić information content (AvgIpc) is 2.49. The molecule has 1 fully saturated rings. The summed E-state index contributed by atoms with van der Waals surface area (Å²) in [5.74, 6) is -0.640. The van der Waals surface area contributed by atoms with Crippen LogP contribution in [0.25, 0.3) is 0 Å². The summed E-state index contributed by atoms with van der Waals surface area (Å²) < 4.78 is 9.98. The van der Waals surface area contributed by atoms with Crippen molar-refractivity contribution in [2.75, 3.05) is 38.7 Å². The Kier molecular flexibility index (Phi) is 5.55. The molecular weight excluding hydrogens is 296 g/mol. The molecule has 1 unspecified atom stereocenters. The van der Waals surface area contributed by atoms with Crippen molar-refractivity contribution in [1.82, 2.24) is 4.90 Å². The predicted molar refractivity (Wildman–Crippen MR) is 78.3 cm³/mol. The molecule has 0 bridgehead atoms. The van der Waals surface area contributed by atoms with Crippen LogP contribution in [0.3, 0.4) is 0 Å². The highest BCUT2D eigenvalue weighted by Crippen LogP contribution is 2.20. The summed E-state index contributed by atoms with van der Waals surface area (Å²) in [7, 11) is 1.32. The smallest absolute Gasteiger partial charge is 0.325 e. The molecule has 0 radical (unpaired) electrons. The first-order valence-electron chi connectivity index (χ1n) is 6.56. The summed E-state index contributed by atoms with van der Waals surface area (Å²) in [4.78, 5) is 25.5. The number of hydrogen-bond acceptors (Lipinski definition) is 5. The van der Waals surface area contributed by atoms with Crippen LogP contribution in [0.4, 0.5) is 5.69 Å². The first-order valence-corrected chi connectivity index (χ1v) is 6.93. The van der Waals surface area contributed by atoms with Gasteiger partial charge in [0.1, 0.15) is 6.04 Å². The van der Waals surface area contributed by atoms with Crippen LogP contribution in [-0.2, 0) is 19.1 Å². The zero-order chi connectivity index (χ0) is 15.2. The van der Waals surface area contributed by atoms with Crippen molar-refractivity contribution in [3.63, 3.8) is 0 Å². The van der Waals surface area contributed by atoms with Gasteiger partial charge in [-0.15, -0.1) is 0 Å². The molecule has 1 saturated heterocycles. The molecule has 1 aromatic carbocycles. The topological polar surface area (TPSA) is 67.9 Å². The first kappa shape index (κ1) is 15.8. The van der Waals surface area contributed by atoms with Crippen LogP contribution < -0.4 is 5.32 Å². The van der Waals surface area contributed by atoms with E-state index in [0.29, 0.717) is 23.9 Å². The fourth-order valence-electron chi connectivity index (χ4n) is 2.12. The van der Waals surface area contributed by atoms with E-state index in [1.165, 1.54) is 7.11 Å². The number of benzene rings is 1. The van der Waals surface area contributed by atoms with Gasteiger partial charge in [-0.3, -0.25) is 14.5 Å². The first-order chi connectivity index (χ1) is 10.1. The number of hydrogen-bond donors (Lipinski definition) is 1. The standard InChI is InChI=1S/C14H17ClN2O4/c1-20-14(19)12-9-21-7-6-17(12)8-13(18)16-11-5-3-2-4-10(11)15/h2-5,12H,6-9H2,1H3,(H,16,18). The number of ether oxygens (including phenoxy) is 2. The van der Waals surface area contributed by atoms with Crippen molar-refractivity contribution < 1.29 is 19.1 Å². The second kappa shape index (κ2) is 7.40. The van der Waals surface area contributed by atoms with Crippen LogP contribution in [0.2, 0.25) is 5.02 Å². The minimum Gasteiger partial charge on any atom is -0.468 e. The molecule has 1 aliphatic rings. The van der Waals surface area contributed by atoms with Crippen LogP contribution in [0.15, 0.2) is 24.3 Å². The normalized spacial score (nSPS) is 19.0. The highest BCUT2D eigenvalue weighted by Gasteiger charge is 2.31. The Morgan fingerprint density at radius 1 is 1.48 bits per heavy atom. The summed E-state index contributed by atoms with van der Waals surface area (Å²) in [6.45, 7) is 1.28. The van der Waals surface area contributed by atoms with Crippen molar-refractivity contribution in [3.8, 4) is 0 Å². The highest BCUT2D eigenvalue weighted by atomic mass is 35.5. The number of anilines is 1. The maximum Gasteiger partial charge on any atom is 0.325 e. The molecule has 114 valence electrons. The molecule has 0 spiro atoms. The molecule has 1 aliphatic heterocycles. The van der Waals surface area contributed by atoms with Gasteiger partial charge in [0.05, 0.1) is 37.6 Å². The van der Waals surface area contributed by atoms with Gasteiger partial charge in [-0.2, -0.15) is 0 Å². The van der Waals surface area contributed by atoms with Gasteiger partial charge in [-0.25, -0.2) is 0 Å². The van der Waals surface area contributed by atoms with Gasteiger partial charge in [0.15, 0.2) is 0 Å². The molecule has 1 N–H and O–H groups in total. The number of carbonyl (C=O) groups is 2. The monoisotopic (exact) mass is 312 g/mol. The Hall–Kier alpha value is -1.63. The number of morpholine rings is 1. The van der Waals surface area contributed by atoms with Crippen LogP contribution >= 0.6 is 11.6 Å². The summed E-state index contributed by atoms with van der Waals surface area (Å²) in [5, 5.41) is 3.20. The maximum atomic E-state index is 12.1. The van der Waals surface area contributed by atoms with E-state index in [1.54, 1.807) is 29.2 Å². The van der Waals surface area contributed by atoms with Crippen LogP contribution in [0, 0.1) is 0 Å². The minimum atomic E-state index is -0.555. The van der Waals surface area contributed by atoms with E-state index in [9.17, 15) is 9.59 Å². The van der Waals surface area contributed by atoms with Gasteiger partial charge in [0.25, 0.3) is 0 Å². The summed E-state index contributed by atoms with van der Waals surface area (Å²) in [5.41, 5.74) is 0.548. The van der Waals surface area contributed by atoms with E-state index in [1.807, 2.05) is 0 Å². The largest absolute Gasteiger partial charge is 0.468 e. The van der Waals surface area contributed by atoms with Gasteiger partial charge < -0.3 is 14.8 Å². The molecule has 1 amide bonds. The number of esters is 1. The van der Waals surface area contributed by atoms with E-state index < -0.39 is 12.0 Å². The second-order valence-corrected chi connectivity index (χ2v) is 5.02. The Morgan fingerprint density at radius 3 is 2.95 bits per heavy atom. The molecule has 21 heavy (non-hydrogen) atoms. The SMILES string of the molecule is COC(=O)C1COCCN1CC(=O)Nc1ccccc1Cl. The lowest BCUT2D eigenvalue weighted by Crippen LogP contribution is -2.52. The molecule has 0 aliphatic carbocycles. The Bertz CT molecular complexity index is 523. The van der Waals surface area contributed by atoms with E-state index in [4.69, 9.17) is 21.1 Å². The van der Waals surface area contributed by atoms with Gasteiger partial charge in [-0.05, 0) is 12.1 Å². The number of amides is 1. The number of nitrogens with zero attached hydrogens (tertiary/aromatic N) is 1. The molecule has 0 saturated carbocycles. The van der Waals surface area contributed by atoms with Crippen molar-refractivity contribution >= 4 is 29.2 Å². The average molecular weight is 313 g/mol. The molecule has 7 heteroatoms. The molecule has 1 aromatic rings. The van der Waals surface area contributed by atoms with Crippen molar-refractivity contribution in [2.24, 2.45) is 0 Å². The predicted octanol–water partition coefficient (Wildman–Crippen LogP) is 1.15. The molecular formula is C14H17ClN2O4. The molecule has 2 rings (SSSR count). The van der Waals surface area contributed by atoms with Crippen LogP contribution in [-0.4, -0.2) is 56.2 Å². The quantitative estimate of drug-likeness (QED) is 0.845. The van der Waals surface area contributed by atoms with Gasteiger partial charge in [-0.1, -0.05) is 23.7 Å². The number of rotatable bonds is 4. The van der Waals surface area contributed by atoms with Crippen LogP contribution in [0.1, 0.15) is 0 Å². The zero-order valence-corrected chi connectivity index (χ0v) is 12.4. The number of para-hydroxylation sites is 1. The number of carbonyl (C=O) groups excluding carboxylic acids is 2. The lowest BCUT2D eigenvalue weighted by atomic mass is 10.2. The third-order valence-electron chi connectivity index (χ3n) is 3.21. The molecule has 1 atom stereocenters. The minimum absolute atomic E-state index is 0.0777. The van der Waals surface area contributed by atoms with Crippen molar-refractivity contribution in [1.29, 1.82) is 0 Å². The third kappa shape index (κ3) is 4.17. The lowest BCUT2D eigenvalue weighted by molar-refractivity contribution is -0.153. The van der Waals surface area contributed by atoms with Crippen LogP contribution in [0.5, 0.6) is 0 Å². The molecule has 1 heterocycles. The number of halogens is 1. The Balaban J connectivity index is 1.97. The number of nitrogens with one attached hydrogen (secondary N) is 1. The van der Waals surface area contributed by atoms with Gasteiger partial charge in [0.2, 0.25) is 5.91 Å². The van der Waals surface area contributed by atoms with Gasteiger partial charge >= 0.3 is 5.97 Å². The second-order valence-electron chi connectivity index (χ2n) is 4.61. The fourth-order valence-corrected chi connectivity index (χ4v) is 2.30. The summed E-state index contributed by atoms with van der Waals surface area (Å²) >= 11 is 5.99. The van der Waals surface area contributed by atoms with E-state index in [-0.39, 0.29) is 19.1 Å². The summed E-state index contributed by atoms with van der Waals surface area (Å²) in [6.07, 6.45) is 0. The van der Waals surface area contributed by atoms with E-state index in [2.05, 4.69) is 5.32 Å². The van der Waals surface area contributed by atoms with E-state index >= 15 is 0 Å². The Labute approximate surface area is 128 Å². The highest BCUT2D eigenvalue weighted by molar-refractivity contribution is 6.33. The number of methoxy groups -OCH3 is 1. The third-order valence-corrected chi connectivity index (χ3v) is 3.54. The van der Waals surface area contributed by atoms with Gasteiger partial charge in [0, 0.05) is 6.54 Å². The summed E-state index contributed by atoms with van der Waals surface area (Å²) in [6, 6.07) is 6.43. The molecule has 0 aromatic heterocycles. The van der Waals surface area contributed by atoms with E-state index in [0.717, 1.165) is 0 Å². The van der Waals surface area contributed by atoms with Crippen molar-refractivity contribution in [2.45, 2.75) is 6.04 Å². The Morgan fingerprint density at radius 2 is 2.24 bits per heavy atom. The maximum absolute atomic E-state index is 12.1. The zero-order valence-electron chi connectivity index (χ0n) is 11.7. The van der Waals surface area contributed by atoms with Crippen molar-refractivity contribution in [3.05, 3.63) is 29.3 Å². The molecule has 6 nitrogen and oxygen atoms in total. The fraction of sp³-hybridized carbons (Fsp3) is 0.429. The lowest BCUT2D eigenvalue weighted by Gasteiger charge is -2.32.